The Hall–Kier alpha value is -1.03. The Balaban J connectivity index is 2.29. The summed E-state index contributed by atoms with van der Waals surface area (Å²) in [5.74, 6) is 0. The van der Waals surface area contributed by atoms with Gasteiger partial charge in [-0.1, -0.05) is 6.08 Å². The predicted octanol–water partition coefficient (Wildman–Crippen LogP) is 2.59. The maximum absolute atomic E-state index is 11.8. The minimum atomic E-state index is -0.437. The lowest BCUT2D eigenvalue weighted by Gasteiger charge is -2.40. The molecule has 98 valence electrons. The van der Waals surface area contributed by atoms with Crippen molar-refractivity contribution in [2.45, 2.75) is 51.4 Å². The van der Waals surface area contributed by atoms with Crippen LogP contribution in [0.4, 0.5) is 4.79 Å². The van der Waals surface area contributed by atoms with Crippen molar-refractivity contribution >= 4 is 6.09 Å². The summed E-state index contributed by atoms with van der Waals surface area (Å²) >= 11 is 0. The van der Waals surface area contributed by atoms with Gasteiger partial charge in [0.15, 0.2) is 0 Å². The average molecular weight is 241 g/mol. The first-order valence-corrected chi connectivity index (χ1v) is 6.02. The summed E-state index contributed by atoms with van der Waals surface area (Å²) in [6.45, 7) is 9.79. The lowest BCUT2D eigenvalue weighted by atomic mass is 9.88. The first kappa shape index (κ1) is 14.0. The molecule has 0 heterocycles. The summed E-state index contributed by atoms with van der Waals surface area (Å²) in [6.07, 6.45) is 3.49. The molecule has 0 saturated heterocycles. The summed E-state index contributed by atoms with van der Waals surface area (Å²) < 4.78 is 10.8. The van der Waals surface area contributed by atoms with E-state index in [0.717, 1.165) is 12.8 Å². The van der Waals surface area contributed by atoms with Crippen LogP contribution in [0.15, 0.2) is 12.7 Å². The highest BCUT2D eigenvalue weighted by atomic mass is 16.6. The highest BCUT2D eigenvalue weighted by molar-refractivity contribution is 5.68. The van der Waals surface area contributed by atoms with E-state index in [0.29, 0.717) is 6.61 Å². The van der Waals surface area contributed by atoms with Gasteiger partial charge in [-0.05, 0) is 33.6 Å². The number of carbonyl (C=O) groups is 1. The molecule has 0 unspecified atom stereocenters. The minimum absolute atomic E-state index is 0.236. The maximum atomic E-state index is 11.8. The van der Waals surface area contributed by atoms with Crippen molar-refractivity contribution in [1.82, 2.24) is 4.90 Å². The van der Waals surface area contributed by atoms with E-state index in [1.165, 1.54) is 0 Å². The molecule has 1 rings (SSSR count). The Bertz CT molecular complexity index is 277. The molecule has 1 aliphatic rings. The molecule has 0 radical (unpaired) electrons. The van der Waals surface area contributed by atoms with Crippen molar-refractivity contribution < 1.29 is 14.3 Å². The molecule has 0 aromatic carbocycles. The van der Waals surface area contributed by atoms with E-state index in [2.05, 4.69) is 6.58 Å². The summed E-state index contributed by atoms with van der Waals surface area (Å²) in [7, 11) is 1.78. The van der Waals surface area contributed by atoms with Crippen LogP contribution < -0.4 is 0 Å². The molecule has 0 atom stereocenters. The Kier molecular flexibility index (Phi) is 4.57. The van der Waals surface area contributed by atoms with Gasteiger partial charge in [0.05, 0.1) is 12.7 Å². The van der Waals surface area contributed by atoms with Gasteiger partial charge < -0.3 is 14.4 Å². The van der Waals surface area contributed by atoms with Crippen molar-refractivity contribution in [2.75, 3.05) is 13.7 Å². The molecular formula is C13H23NO3. The molecule has 4 nitrogen and oxygen atoms in total. The molecule has 17 heavy (non-hydrogen) atoms. The summed E-state index contributed by atoms with van der Waals surface area (Å²) in [4.78, 5) is 13.4. The van der Waals surface area contributed by atoms with Gasteiger partial charge in [-0.2, -0.15) is 0 Å². The first-order valence-electron chi connectivity index (χ1n) is 6.02. The molecule has 0 spiro atoms. The molecule has 0 bridgehead atoms. The van der Waals surface area contributed by atoms with E-state index in [-0.39, 0.29) is 18.2 Å². The second-order valence-electron chi connectivity index (χ2n) is 5.46. The molecule has 1 saturated carbocycles. The fraction of sp³-hybridized carbons (Fsp3) is 0.769. The van der Waals surface area contributed by atoms with Gasteiger partial charge in [-0.25, -0.2) is 4.79 Å². The third-order valence-electron chi connectivity index (χ3n) is 2.75. The van der Waals surface area contributed by atoms with Crippen molar-refractivity contribution in [2.24, 2.45) is 0 Å². The van der Waals surface area contributed by atoms with Gasteiger partial charge >= 0.3 is 6.09 Å². The summed E-state index contributed by atoms with van der Waals surface area (Å²) in [6, 6.07) is 0.236. The zero-order valence-corrected chi connectivity index (χ0v) is 11.2. The molecule has 0 aromatic heterocycles. The van der Waals surface area contributed by atoms with Crippen LogP contribution in [-0.2, 0) is 9.47 Å². The maximum Gasteiger partial charge on any atom is 0.410 e. The van der Waals surface area contributed by atoms with Crippen molar-refractivity contribution in [3.8, 4) is 0 Å². The number of ether oxygens (including phenoxy) is 2. The zero-order valence-electron chi connectivity index (χ0n) is 11.2. The van der Waals surface area contributed by atoms with E-state index >= 15 is 0 Å². The van der Waals surface area contributed by atoms with Gasteiger partial charge in [0.1, 0.15) is 5.60 Å². The van der Waals surface area contributed by atoms with E-state index in [1.807, 2.05) is 20.8 Å². The smallest absolute Gasteiger partial charge is 0.410 e. The number of nitrogens with zero attached hydrogens (tertiary/aromatic N) is 1. The van der Waals surface area contributed by atoms with Crippen LogP contribution in [0.2, 0.25) is 0 Å². The molecule has 1 amide bonds. The Labute approximate surface area is 104 Å². The third kappa shape index (κ3) is 4.38. The average Bonchev–Trinajstić information content (AvgIpc) is 2.12. The van der Waals surface area contributed by atoms with Crippen molar-refractivity contribution in [3.63, 3.8) is 0 Å². The molecule has 0 aliphatic heterocycles. The largest absolute Gasteiger partial charge is 0.444 e. The highest BCUT2D eigenvalue weighted by Gasteiger charge is 2.36. The zero-order chi connectivity index (χ0) is 13.1. The Morgan fingerprint density at radius 1 is 1.47 bits per heavy atom. The van der Waals surface area contributed by atoms with Gasteiger partial charge in [0, 0.05) is 13.1 Å². The molecule has 0 N–H and O–H groups in total. The van der Waals surface area contributed by atoms with E-state index in [1.54, 1.807) is 18.0 Å². The normalized spacial score (nSPS) is 23.8. The lowest BCUT2D eigenvalue weighted by molar-refractivity contribution is -0.0427. The van der Waals surface area contributed by atoms with E-state index < -0.39 is 5.60 Å². The molecule has 1 aliphatic carbocycles. The number of hydrogen-bond acceptors (Lipinski definition) is 3. The summed E-state index contributed by atoms with van der Waals surface area (Å²) in [5, 5.41) is 0. The highest BCUT2D eigenvalue weighted by Crippen LogP contribution is 2.28. The standard InChI is InChI=1S/C13H23NO3/c1-6-7-16-11-8-10(9-11)14(5)12(15)17-13(2,3)4/h6,10-11H,1,7-9H2,2-5H3/t10-,11-. The van der Waals surface area contributed by atoms with Gasteiger partial charge in [0.25, 0.3) is 0 Å². The topological polar surface area (TPSA) is 38.8 Å². The first-order chi connectivity index (χ1) is 7.83. The van der Waals surface area contributed by atoms with Crippen LogP contribution in [0.1, 0.15) is 33.6 Å². The summed E-state index contributed by atoms with van der Waals surface area (Å²) in [5.41, 5.74) is -0.437. The van der Waals surface area contributed by atoms with Crippen LogP contribution in [0.25, 0.3) is 0 Å². The fourth-order valence-corrected chi connectivity index (χ4v) is 1.68. The number of rotatable bonds is 4. The third-order valence-corrected chi connectivity index (χ3v) is 2.75. The van der Waals surface area contributed by atoms with Crippen LogP contribution in [0.5, 0.6) is 0 Å². The second kappa shape index (κ2) is 5.54. The van der Waals surface area contributed by atoms with E-state index in [9.17, 15) is 4.79 Å². The molecule has 0 aromatic rings. The van der Waals surface area contributed by atoms with Crippen LogP contribution in [0.3, 0.4) is 0 Å². The quantitative estimate of drug-likeness (QED) is 0.710. The minimum Gasteiger partial charge on any atom is -0.444 e. The molecule has 4 heteroatoms. The van der Waals surface area contributed by atoms with E-state index in [4.69, 9.17) is 9.47 Å². The van der Waals surface area contributed by atoms with Crippen molar-refractivity contribution in [3.05, 3.63) is 12.7 Å². The molecular weight excluding hydrogens is 218 g/mol. The number of amides is 1. The SMILES string of the molecule is C=CCO[C@H]1C[C@H](N(C)C(=O)OC(C)(C)C)C1. The fourth-order valence-electron chi connectivity index (χ4n) is 1.68. The Morgan fingerprint density at radius 3 is 2.53 bits per heavy atom. The monoisotopic (exact) mass is 241 g/mol. The second-order valence-corrected chi connectivity index (χ2v) is 5.46. The lowest BCUT2D eigenvalue weighted by Crippen LogP contribution is -2.50. The van der Waals surface area contributed by atoms with Crippen LogP contribution in [-0.4, -0.2) is 42.4 Å². The van der Waals surface area contributed by atoms with Gasteiger partial charge in [0.2, 0.25) is 0 Å². The van der Waals surface area contributed by atoms with Crippen LogP contribution in [0, 0.1) is 0 Å². The predicted molar refractivity (Wildman–Crippen MR) is 67.0 cm³/mol. The van der Waals surface area contributed by atoms with Gasteiger partial charge in [-0.3, -0.25) is 0 Å². The number of hydrogen-bond donors (Lipinski definition) is 0. The van der Waals surface area contributed by atoms with Crippen LogP contribution >= 0.6 is 0 Å². The van der Waals surface area contributed by atoms with Gasteiger partial charge in [-0.15, -0.1) is 6.58 Å². The number of carbonyl (C=O) groups excluding carboxylic acids is 1. The van der Waals surface area contributed by atoms with Crippen molar-refractivity contribution in [1.29, 1.82) is 0 Å². The molecule has 1 fully saturated rings. The Morgan fingerprint density at radius 2 is 2.06 bits per heavy atom.